The summed E-state index contributed by atoms with van der Waals surface area (Å²) in [6.45, 7) is 1.71. The second-order valence-electron chi connectivity index (χ2n) is 5.20. The Morgan fingerprint density at radius 1 is 1.35 bits per heavy atom. The van der Waals surface area contributed by atoms with Crippen LogP contribution in [0.2, 0.25) is 0 Å². The van der Waals surface area contributed by atoms with Gasteiger partial charge < -0.3 is 14.8 Å². The summed E-state index contributed by atoms with van der Waals surface area (Å²) in [4.78, 5) is 15.2. The third kappa shape index (κ3) is 3.43. The second-order valence-corrected chi connectivity index (χ2v) is 6.63. The van der Waals surface area contributed by atoms with E-state index in [4.69, 9.17) is 9.29 Å². The summed E-state index contributed by atoms with van der Waals surface area (Å²) in [6.07, 6.45) is 1.90. The molecule has 0 fully saturated rings. The van der Waals surface area contributed by atoms with Gasteiger partial charge in [0.25, 0.3) is 10.1 Å². The van der Waals surface area contributed by atoms with E-state index in [2.05, 4.69) is 20.1 Å². The van der Waals surface area contributed by atoms with E-state index >= 15 is 0 Å². The topological polar surface area (TPSA) is 132 Å². The molecular weight excluding hydrogens is 364 g/mol. The molecule has 0 bridgehead atoms. The Kier molecular flexibility index (Phi) is 4.49. The van der Waals surface area contributed by atoms with Gasteiger partial charge in [-0.1, -0.05) is 6.07 Å². The number of nitrogens with zero attached hydrogens (tertiary/aromatic N) is 3. The van der Waals surface area contributed by atoms with E-state index in [9.17, 15) is 13.2 Å². The zero-order chi connectivity index (χ0) is 18.9. The molecule has 3 rings (SSSR count). The molecule has 26 heavy (non-hydrogen) atoms. The monoisotopic (exact) mass is 378 g/mol. The van der Waals surface area contributed by atoms with Crippen molar-refractivity contribution in [1.82, 2.24) is 14.6 Å². The van der Waals surface area contributed by atoms with Crippen LogP contribution in [0.4, 0.5) is 16.3 Å². The summed E-state index contributed by atoms with van der Waals surface area (Å²) >= 11 is 0. The van der Waals surface area contributed by atoms with Crippen molar-refractivity contribution in [3.63, 3.8) is 0 Å². The van der Waals surface area contributed by atoms with Gasteiger partial charge >= 0.3 is 6.16 Å². The molecule has 136 valence electrons. The minimum Gasteiger partial charge on any atom is -0.437 e. The van der Waals surface area contributed by atoms with Crippen molar-refractivity contribution in [1.29, 1.82) is 0 Å². The molecule has 0 unspecified atom stereocenters. The third-order valence-corrected chi connectivity index (χ3v) is 4.38. The van der Waals surface area contributed by atoms with Crippen LogP contribution in [0, 0.1) is 6.92 Å². The highest BCUT2D eigenvalue weighted by atomic mass is 32.2. The first-order valence-corrected chi connectivity index (χ1v) is 8.67. The van der Waals surface area contributed by atoms with Gasteiger partial charge in [0, 0.05) is 11.3 Å². The lowest BCUT2D eigenvalue weighted by atomic mass is 10.2. The van der Waals surface area contributed by atoms with Gasteiger partial charge in [-0.05, 0) is 25.1 Å². The van der Waals surface area contributed by atoms with Crippen LogP contribution < -0.4 is 10.1 Å². The lowest BCUT2D eigenvalue weighted by Gasteiger charge is -2.08. The molecule has 3 aromatic rings. The smallest absolute Gasteiger partial charge is 0.437 e. The number of nitrogens with one attached hydrogen (secondary N) is 1. The number of rotatable bonds is 4. The van der Waals surface area contributed by atoms with E-state index in [1.54, 1.807) is 13.0 Å². The van der Waals surface area contributed by atoms with Gasteiger partial charge in [-0.3, -0.25) is 4.55 Å². The predicted octanol–water partition coefficient (Wildman–Crippen LogP) is 2.17. The minimum absolute atomic E-state index is 0.243. The van der Waals surface area contributed by atoms with Gasteiger partial charge in [-0.15, -0.1) is 0 Å². The van der Waals surface area contributed by atoms with Crippen LogP contribution in [-0.2, 0) is 14.9 Å². The molecule has 0 radical (unpaired) electrons. The summed E-state index contributed by atoms with van der Waals surface area (Å²) in [5.41, 5.74) is 1.48. The lowest BCUT2D eigenvalue weighted by molar-refractivity contribution is 0.121. The second kappa shape index (κ2) is 6.61. The molecule has 0 saturated heterocycles. The molecule has 0 saturated carbocycles. The summed E-state index contributed by atoms with van der Waals surface area (Å²) in [7, 11) is -3.13. The van der Waals surface area contributed by atoms with Crippen LogP contribution in [0.1, 0.15) is 5.56 Å². The standard InChI is InChI=1S/C15H14N4O6S/c1-9-12(25-15(20)24-2)7-19-13(9)14(16-8-17-19)18-10-4-3-5-11(6-10)26(21,22)23/h3-8H,1-2H3,(H,16,17,18)(H,21,22,23). The molecule has 0 aliphatic carbocycles. The lowest BCUT2D eigenvalue weighted by Crippen LogP contribution is -2.07. The number of fused-ring (bicyclic) bond motifs is 1. The number of aromatic nitrogens is 3. The van der Waals surface area contributed by atoms with Crippen molar-refractivity contribution < 1.29 is 27.2 Å². The molecule has 10 nitrogen and oxygen atoms in total. The van der Waals surface area contributed by atoms with Crippen molar-refractivity contribution in [2.24, 2.45) is 0 Å². The number of benzene rings is 1. The van der Waals surface area contributed by atoms with Crippen molar-refractivity contribution >= 4 is 33.3 Å². The van der Waals surface area contributed by atoms with Crippen LogP contribution in [-0.4, -0.2) is 40.8 Å². The van der Waals surface area contributed by atoms with Crippen LogP contribution in [0.15, 0.2) is 41.7 Å². The molecule has 0 atom stereocenters. The van der Waals surface area contributed by atoms with E-state index in [-0.39, 0.29) is 10.6 Å². The molecule has 2 heterocycles. The van der Waals surface area contributed by atoms with E-state index in [0.717, 1.165) is 0 Å². The average Bonchev–Trinajstić information content (AvgIpc) is 2.91. The number of carbonyl (C=O) groups excluding carboxylic acids is 1. The number of aryl methyl sites for hydroxylation is 1. The Balaban J connectivity index is 2.02. The van der Waals surface area contributed by atoms with Crippen molar-refractivity contribution in [2.45, 2.75) is 11.8 Å². The van der Waals surface area contributed by atoms with Gasteiger partial charge in [-0.25, -0.2) is 14.3 Å². The molecule has 11 heteroatoms. The molecule has 0 spiro atoms. The van der Waals surface area contributed by atoms with Gasteiger partial charge in [-0.2, -0.15) is 13.5 Å². The molecular formula is C15H14N4O6S. The van der Waals surface area contributed by atoms with Crippen molar-refractivity contribution in [3.8, 4) is 5.75 Å². The van der Waals surface area contributed by atoms with E-state index < -0.39 is 16.3 Å². The quantitative estimate of drug-likeness (QED) is 0.517. The fraction of sp³-hybridized carbons (Fsp3) is 0.133. The molecule has 0 amide bonds. The maximum absolute atomic E-state index is 11.3. The molecule has 0 aliphatic rings. The Bertz CT molecular complexity index is 1090. The number of carbonyl (C=O) groups is 1. The molecule has 2 N–H and O–H groups in total. The summed E-state index contributed by atoms with van der Waals surface area (Å²) < 4.78 is 42.7. The highest BCUT2D eigenvalue weighted by Gasteiger charge is 2.17. The van der Waals surface area contributed by atoms with Crippen LogP contribution in [0.3, 0.4) is 0 Å². The number of hydrogen-bond acceptors (Lipinski definition) is 8. The number of hydrogen-bond donors (Lipinski definition) is 2. The Labute approximate surface area is 148 Å². The zero-order valence-corrected chi connectivity index (χ0v) is 14.5. The highest BCUT2D eigenvalue weighted by molar-refractivity contribution is 7.85. The van der Waals surface area contributed by atoms with E-state index in [1.165, 1.54) is 42.3 Å². The largest absolute Gasteiger partial charge is 0.513 e. The van der Waals surface area contributed by atoms with Crippen LogP contribution in [0.25, 0.3) is 5.52 Å². The predicted molar refractivity (Wildman–Crippen MR) is 90.3 cm³/mol. The van der Waals surface area contributed by atoms with Gasteiger partial charge in [0.05, 0.1) is 18.2 Å². The summed E-state index contributed by atoms with van der Waals surface area (Å²) in [5.74, 6) is 0.594. The Morgan fingerprint density at radius 2 is 2.12 bits per heavy atom. The van der Waals surface area contributed by atoms with Crippen molar-refractivity contribution in [2.75, 3.05) is 12.4 Å². The summed E-state index contributed by atoms with van der Waals surface area (Å²) in [6, 6.07) is 5.61. The molecule has 0 aliphatic heterocycles. The fourth-order valence-electron chi connectivity index (χ4n) is 2.34. The Morgan fingerprint density at radius 3 is 2.81 bits per heavy atom. The molecule has 2 aromatic heterocycles. The van der Waals surface area contributed by atoms with Crippen molar-refractivity contribution in [3.05, 3.63) is 42.4 Å². The number of ether oxygens (including phenoxy) is 2. The first-order valence-electron chi connectivity index (χ1n) is 7.23. The Hall–Kier alpha value is -3.18. The number of anilines is 2. The fourth-order valence-corrected chi connectivity index (χ4v) is 2.86. The zero-order valence-electron chi connectivity index (χ0n) is 13.7. The van der Waals surface area contributed by atoms with Gasteiger partial charge in [0.15, 0.2) is 11.6 Å². The van der Waals surface area contributed by atoms with Gasteiger partial charge in [0.1, 0.15) is 11.8 Å². The normalized spacial score (nSPS) is 11.3. The van der Waals surface area contributed by atoms with E-state index in [1.807, 2.05) is 0 Å². The number of methoxy groups -OCH3 is 1. The SMILES string of the molecule is COC(=O)Oc1cn2ncnc(Nc3cccc(S(=O)(=O)O)c3)c2c1C. The van der Waals surface area contributed by atoms with Crippen LogP contribution in [0.5, 0.6) is 5.75 Å². The van der Waals surface area contributed by atoms with E-state index in [0.29, 0.717) is 22.6 Å². The first-order chi connectivity index (χ1) is 12.3. The summed E-state index contributed by atoms with van der Waals surface area (Å²) in [5, 5.41) is 7.01. The molecule has 1 aromatic carbocycles. The average molecular weight is 378 g/mol. The van der Waals surface area contributed by atoms with Crippen LogP contribution >= 0.6 is 0 Å². The minimum atomic E-state index is -4.33. The van der Waals surface area contributed by atoms with Gasteiger partial charge in [0.2, 0.25) is 0 Å². The third-order valence-electron chi connectivity index (χ3n) is 3.54. The maximum Gasteiger partial charge on any atom is 0.513 e. The first kappa shape index (κ1) is 17.6. The maximum atomic E-state index is 11.3. The highest BCUT2D eigenvalue weighted by Crippen LogP contribution is 2.30.